The van der Waals surface area contributed by atoms with Crippen LogP contribution in [-0.2, 0) is 21.3 Å². The standard InChI is InChI=1S/C17H27NO3/c1-16(19,11-15(20-2)21-3)17(12-18)10-6-8-13-7-4-5-9-14(13)17/h4-5,7,9,15,19H,6,8,10-12,18H2,1-3H3. The van der Waals surface area contributed by atoms with E-state index in [1.54, 1.807) is 14.2 Å². The Morgan fingerprint density at radius 3 is 2.62 bits per heavy atom. The number of hydrogen-bond acceptors (Lipinski definition) is 4. The fourth-order valence-electron chi connectivity index (χ4n) is 3.69. The van der Waals surface area contributed by atoms with Gasteiger partial charge in [-0.3, -0.25) is 0 Å². The molecule has 1 aliphatic carbocycles. The zero-order valence-electron chi connectivity index (χ0n) is 13.3. The summed E-state index contributed by atoms with van der Waals surface area (Å²) in [5.74, 6) is 0. The van der Waals surface area contributed by atoms with Crippen molar-refractivity contribution >= 4 is 0 Å². The molecule has 1 aromatic rings. The van der Waals surface area contributed by atoms with E-state index in [1.807, 2.05) is 19.1 Å². The van der Waals surface area contributed by atoms with E-state index in [2.05, 4.69) is 12.1 Å². The molecule has 1 aromatic carbocycles. The molecule has 0 heterocycles. The molecule has 2 atom stereocenters. The first-order valence-corrected chi connectivity index (χ1v) is 7.57. The molecule has 0 aromatic heterocycles. The highest BCUT2D eigenvalue weighted by Crippen LogP contribution is 2.46. The van der Waals surface area contributed by atoms with Gasteiger partial charge in [-0.25, -0.2) is 0 Å². The third-order valence-electron chi connectivity index (χ3n) is 5.05. The van der Waals surface area contributed by atoms with E-state index in [0.29, 0.717) is 13.0 Å². The Labute approximate surface area is 127 Å². The lowest BCUT2D eigenvalue weighted by Gasteiger charge is -2.49. The summed E-state index contributed by atoms with van der Waals surface area (Å²) in [5, 5.41) is 11.2. The molecule has 2 rings (SSSR count). The molecule has 0 radical (unpaired) electrons. The van der Waals surface area contributed by atoms with Crippen molar-refractivity contribution in [3.05, 3.63) is 35.4 Å². The second-order valence-electron chi connectivity index (χ2n) is 6.18. The number of benzene rings is 1. The van der Waals surface area contributed by atoms with Crippen LogP contribution in [0.2, 0.25) is 0 Å². The average Bonchev–Trinajstić information content (AvgIpc) is 2.51. The maximum absolute atomic E-state index is 11.2. The third-order valence-corrected chi connectivity index (χ3v) is 5.05. The zero-order chi connectivity index (χ0) is 15.5. The number of nitrogens with two attached hydrogens (primary N) is 1. The number of rotatable bonds is 6. The largest absolute Gasteiger partial charge is 0.389 e. The highest BCUT2D eigenvalue weighted by Gasteiger charge is 2.50. The molecule has 4 nitrogen and oxygen atoms in total. The van der Waals surface area contributed by atoms with Crippen LogP contribution in [0.5, 0.6) is 0 Å². The van der Waals surface area contributed by atoms with Crippen LogP contribution in [0, 0.1) is 0 Å². The second kappa shape index (κ2) is 6.44. The maximum atomic E-state index is 11.2. The van der Waals surface area contributed by atoms with E-state index < -0.39 is 17.3 Å². The molecule has 3 N–H and O–H groups in total. The predicted molar refractivity (Wildman–Crippen MR) is 83.2 cm³/mol. The van der Waals surface area contributed by atoms with Crippen LogP contribution >= 0.6 is 0 Å². The van der Waals surface area contributed by atoms with Gasteiger partial charge in [0.05, 0.1) is 5.60 Å². The van der Waals surface area contributed by atoms with Crippen LogP contribution in [0.3, 0.4) is 0 Å². The summed E-state index contributed by atoms with van der Waals surface area (Å²) in [5.41, 5.74) is 7.19. The van der Waals surface area contributed by atoms with E-state index in [0.717, 1.165) is 19.3 Å². The van der Waals surface area contributed by atoms with Crippen LogP contribution in [0.25, 0.3) is 0 Å². The Morgan fingerprint density at radius 1 is 1.33 bits per heavy atom. The monoisotopic (exact) mass is 293 g/mol. The van der Waals surface area contributed by atoms with Crippen molar-refractivity contribution in [1.82, 2.24) is 0 Å². The summed E-state index contributed by atoms with van der Waals surface area (Å²) in [4.78, 5) is 0. The van der Waals surface area contributed by atoms with Crippen molar-refractivity contribution in [2.45, 2.75) is 49.9 Å². The number of aryl methyl sites for hydroxylation is 1. The summed E-state index contributed by atoms with van der Waals surface area (Å²) in [6.45, 7) is 2.27. The summed E-state index contributed by atoms with van der Waals surface area (Å²) in [6, 6.07) is 8.31. The van der Waals surface area contributed by atoms with Gasteiger partial charge in [-0.05, 0) is 37.3 Å². The molecule has 0 saturated heterocycles. The average molecular weight is 293 g/mol. The van der Waals surface area contributed by atoms with Gasteiger partial charge in [0.15, 0.2) is 6.29 Å². The molecule has 21 heavy (non-hydrogen) atoms. The van der Waals surface area contributed by atoms with Crippen molar-refractivity contribution in [3.8, 4) is 0 Å². The first-order chi connectivity index (χ1) is 10.0. The lowest BCUT2D eigenvalue weighted by Crippen LogP contribution is -2.57. The molecule has 0 saturated carbocycles. The summed E-state index contributed by atoms with van der Waals surface area (Å²) >= 11 is 0. The molecule has 2 unspecified atom stereocenters. The number of aliphatic hydroxyl groups is 1. The van der Waals surface area contributed by atoms with Gasteiger partial charge < -0.3 is 20.3 Å². The van der Waals surface area contributed by atoms with Gasteiger partial charge in [-0.1, -0.05) is 24.3 Å². The van der Waals surface area contributed by atoms with Crippen LogP contribution in [-0.4, -0.2) is 37.8 Å². The SMILES string of the molecule is COC(CC(C)(O)C1(CN)CCCc2ccccc21)OC. The smallest absolute Gasteiger partial charge is 0.159 e. The highest BCUT2D eigenvalue weighted by atomic mass is 16.7. The maximum Gasteiger partial charge on any atom is 0.159 e. The van der Waals surface area contributed by atoms with Crippen molar-refractivity contribution in [2.75, 3.05) is 20.8 Å². The first kappa shape index (κ1) is 16.4. The molecule has 4 heteroatoms. The first-order valence-electron chi connectivity index (χ1n) is 7.57. The topological polar surface area (TPSA) is 64.7 Å². The van der Waals surface area contributed by atoms with E-state index in [9.17, 15) is 5.11 Å². The molecule has 118 valence electrons. The summed E-state index contributed by atoms with van der Waals surface area (Å²) < 4.78 is 10.6. The number of fused-ring (bicyclic) bond motifs is 1. The van der Waals surface area contributed by atoms with Gasteiger partial charge in [-0.2, -0.15) is 0 Å². The molecular formula is C17H27NO3. The van der Waals surface area contributed by atoms with Crippen LogP contribution in [0.1, 0.15) is 37.3 Å². The highest BCUT2D eigenvalue weighted by molar-refractivity contribution is 5.40. The summed E-state index contributed by atoms with van der Waals surface area (Å²) in [6.07, 6.45) is 2.93. The van der Waals surface area contributed by atoms with Crippen molar-refractivity contribution in [1.29, 1.82) is 0 Å². The van der Waals surface area contributed by atoms with Gasteiger partial charge in [0.1, 0.15) is 0 Å². The fourth-order valence-corrected chi connectivity index (χ4v) is 3.69. The predicted octanol–water partition coefficient (Wildman–Crippen LogP) is 1.98. The van der Waals surface area contributed by atoms with Gasteiger partial charge in [0.2, 0.25) is 0 Å². The minimum atomic E-state index is -0.991. The lowest BCUT2D eigenvalue weighted by atomic mass is 9.60. The quantitative estimate of drug-likeness (QED) is 0.787. The van der Waals surface area contributed by atoms with E-state index >= 15 is 0 Å². The molecule has 1 aliphatic rings. The zero-order valence-corrected chi connectivity index (χ0v) is 13.3. The lowest BCUT2D eigenvalue weighted by molar-refractivity contribution is -0.158. The number of hydrogen-bond donors (Lipinski definition) is 2. The summed E-state index contributed by atoms with van der Waals surface area (Å²) in [7, 11) is 3.18. The Kier molecular flexibility index (Phi) is 5.04. The van der Waals surface area contributed by atoms with Crippen LogP contribution < -0.4 is 5.73 Å². The second-order valence-corrected chi connectivity index (χ2v) is 6.18. The molecule has 0 fully saturated rings. The number of methoxy groups -OCH3 is 2. The van der Waals surface area contributed by atoms with E-state index in [4.69, 9.17) is 15.2 Å². The van der Waals surface area contributed by atoms with Gasteiger partial charge in [0, 0.05) is 32.6 Å². The fraction of sp³-hybridized carbons (Fsp3) is 0.647. The Bertz CT molecular complexity index is 471. The molecule has 0 aliphatic heterocycles. The molecule has 0 spiro atoms. The Hall–Kier alpha value is -0.940. The van der Waals surface area contributed by atoms with Gasteiger partial charge >= 0.3 is 0 Å². The van der Waals surface area contributed by atoms with Gasteiger partial charge in [-0.15, -0.1) is 0 Å². The minimum Gasteiger partial charge on any atom is -0.389 e. The number of ether oxygens (including phenoxy) is 2. The normalized spacial score (nSPS) is 24.7. The molecule has 0 amide bonds. The van der Waals surface area contributed by atoms with Crippen molar-refractivity contribution in [3.63, 3.8) is 0 Å². The Balaban J connectivity index is 2.42. The molecule has 0 bridgehead atoms. The van der Waals surface area contributed by atoms with Crippen molar-refractivity contribution < 1.29 is 14.6 Å². The van der Waals surface area contributed by atoms with E-state index in [1.165, 1.54) is 11.1 Å². The van der Waals surface area contributed by atoms with Crippen molar-refractivity contribution in [2.24, 2.45) is 5.73 Å². The molecular weight excluding hydrogens is 266 g/mol. The minimum absolute atomic E-state index is 0.394. The van der Waals surface area contributed by atoms with Crippen LogP contribution in [0.4, 0.5) is 0 Å². The third kappa shape index (κ3) is 2.86. The van der Waals surface area contributed by atoms with Gasteiger partial charge in [0.25, 0.3) is 0 Å². The van der Waals surface area contributed by atoms with E-state index in [-0.39, 0.29) is 0 Å². The van der Waals surface area contributed by atoms with Crippen LogP contribution in [0.15, 0.2) is 24.3 Å². The Morgan fingerprint density at radius 2 is 2.00 bits per heavy atom.